The highest BCUT2D eigenvalue weighted by Crippen LogP contribution is 2.23. The van der Waals surface area contributed by atoms with Gasteiger partial charge in [-0.25, -0.2) is 14.5 Å². The molecule has 1 amide bonds. The van der Waals surface area contributed by atoms with E-state index in [0.717, 1.165) is 11.3 Å². The van der Waals surface area contributed by atoms with Crippen LogP contribution in [0.25, 0.3) is 16.6 Å². The van der Waals surface area contributed by atoms with E-state index >= 15 is 0 Å². The molecule has 4 heterocycles. The van der Waals surface area contributed by atoms with E-state index in [9.17, 15) is 9.59 Å². The van der Waals surface area contributed by atoms with Gasteiger partial charge in [0.1, 0.15) is 5.56 Å². The quantitative estimate of drug-likeness (QED) is 0.345. The van der Waals surface area contributed by atoms with Gasteiger partial charge in [0.05, 0.1) is 23.3 Å². The highest BCUT2D eigenvalue weighted by atomic mass is 32.1. The van der Waals surface area contributed by atoms with Gasteiger partial charge in [-0.15, -0.1) is 21.5 Å². The molecule has 0 aliphatic heterocycles. The van der Waals surface area contributed by atoms with E-state index in [4.69, 9.17) is 9.15 Å². The van der Waals surface area contributed by atoms with Gasteiger partial charge in [-0.1, -0.05) is 19.1 Å². The molecule has 33 heavy (non-hydrogen) atoms. The Morgan fingerprint density at radius 3 is 2.82 bits per heavy atom. The standard InChI is InChI=1S/C22H22N6O4S/c1-3-10-27(13-19-25-26-21(32-19)17-7-6-11-33-17)20(29)14-31-22(30)16-12-24-28(15(16)2)18-8-4-5-9-23-18/h4-9,11-12H,3,10,13-14H2,1-2H3. The first-order valence-electron chi connectivity index (χ1n) is 10.3. The van der Waals surface area contributed by atoms with Crippen molar-refractivity contribution in [1.82, 2.24) is 29.9 Å². The summed E-state index contributed by atoms with van der Waals surface area (Å²) in [5.74, 6) is 0.337. The molecule has 0 fully saturated rings. The van der Waals surface area contributed by atoms with Crippen LogP contribution in [-0.4, -0.2) is 54.9 Å². The molecule has 10 nitrogen and oxygen atoms in total. The van der Waals surface area contributed by atoms with E-state index in [1.165, 1.54) is 22.4 Å². The van der Waals surface area contributed by atoms with Crippen molar-refractivity contribution in [2.75, 3.05) is 13.2 Å². The zero-order valence-corrected chi connectivity index (χ0v) is 19.0. The fourth-order valence-corrected chi connectivity index (χ4v) is 3.80. The lowest BCUT2D eigenvalue weighted by Gasteiger charge is -2.20. The van der Waals surface area contributed by atoms with Crippen molar-refractivity contribution in [2.45, 2.75) is 26.8 Å². The zero-order valence-electron chi connectivity index (χ0n) is 18.2. The number of rotatable bonds is 9. The van der Waals surface area contributed by atoms with Crippen LogP contribution in [0.3, 0.4) is 0 Å². The van der Waals surface area contributed by atoms with Crippen molar-refractivity contribution < 1.29 is 18.7 Å². The van der Waals surface area contributed by atoms with Crippen molar-refractivity contribution in [1.29, 1.82) is 0 Å². The Labute approximate surface area is 193 Å². The van der Waals surface area contributed by atoms with Gasteiger partial charge in [-0.2, -0.15) is 5.10 Å². The number of aromatic nitrogens is 5. The molecule has 170 valence electrons. The van der Waals surface area contributed by atoms with Crippen LogP contribution < -0.4 is 0 Å². The van der Waals surface area contributed by atoms with Crippen molar-refractivity contribution >= 4 is 23.2 Å². The number of pyridine rings is 1. The summed E-state index contributed by atoms with van der Waals surface area (Å²) in [6.07, 6.45) is 3.77. The van der Waals surface area contributed by atoms with E-state index in [1.807, 2.05) is 30.5 Å². The molecule has 0 N–H and O–H groups in total. The van der Waals surface area contributed by atoms with Crippen LogP contribution in [0.15, 0.2) is 52.5 Å². The summed E-state index contributed by atoms with van der Waals surface area (Å²) in [6, 6.07) is 9.18. The number of hydrogen-bond acceptors (Lipinski definition) is 9. The third-order valence-electron chi connectivity index (χ3n) is 4.79. The predicted molar refractivity (Wildman–Crippen MR) is 120 cm³/mol. The average Bonchev–Trinajstić information content (AvgIpc) is 3.58. The lowest BCUT2D eigenvalue weighted by molar-refractivity contribution is -0.135. The molecule has 0 spiro atoms. The summed E-state index contributed by atoms with van der Waals surface area (Å²) < 4.78 is 12.5. The molecular weight excluding hydrogens is 444 g/mol. The Balaban J connectivity index is 1.38. The maximum Gasteiger partial charge on any atom is 0.342 e. The first kappa shape index (κ1) is 22.3. The fourth-order valence-electron chi connectivity index (χ4n) is 3.16. The molecule has 0 saturated heterocycles. The predicted octanol–water partition coefficient (Wildman–Crippen LogP) is 3.28. The largest absolute Gasteiger partial charge is 0.452 e. The second kappa shape index (κ2) is 10.2. The first-order valence-corrected chi connectivity index (χ1v) is 11.2. The van der Waals surface area contributed by atoms with Crippen LogP contribution in [0.5, 0.6) is 0 Å². The van der Waals surface area contributed by atoms with Crippen molar-refractivity contribution in [2.24, 2.45) is 0 Å². The minimum absolute atomic E-state index is 0.138. The Morgan fingerprint density at radius 2 is 2.09 bits per heavy atom. The normalized spacial score (nSPS) is 10.8. The molecule has 0 aromatic carbocycles. The lowest BCUT2D eigenvalue weighted by atomic mass is 10.2. The highest BCUT2D eigenvalue weighted by Gasteiger charge is 2.22. The molecule has 4 aromatic rings. The van der Waals surface area contributed by atoms with Gasteiger partial charge in [0.15, 0.2) is 12.4 Å². The van der Waals surface area contributed by atoms with Gasteiger partial charge in [0.2, 0.25) is 5.89 Å². The summed E-state index contributed by atoms with van der Waals surface area (Å²) in [6.45, 7) is 3.89. The van der Waals surface area contributed by atoms with E-state index in [1.54, 1.807) is 29.9 Å². The maximum absolute atomic E-state index is 12.8. The SMILES string of the molecule is CCCN(Cc1nnc(-c2cccs2)o1)C(=O)COC(=O)c1cnn(-c2ccccn2)c1C. The lowest BCUT2D eigenvalue weighted by Crippen LogP contribution is -2.35. The highest BCUT2D eigenvalue weighted by molar-refractivity contribution is 7.13. The molecular formula is C22H22N6O4S. The van der Waals surface area contributed by atoms with E-state index < -0.39 is 12.6 Å². The van der Waals surface area contributed by atoms with Crippen LogP contribution in [0.4, 0.5) is 0 Å². The third-order valence-corrected chi connectivity index (χ3v) is 5.65. The van der Waals surface area contributed by atoms with E-state index in [2.05, 4.69) is 20.3 Å². The zero-order chi connectivity index (χ0) is 23.2. The number of thiophene rings is 1. The van der Waals surface area contributed by atoms with Crippen LogP contribution in [0, 0.1) is 6.92 Å². The minimum atomic E-state index is -0.628. The van der Waals surface area contributed by atoms with Gasteiger partial charge in [-0.05, 0) is 36.9 Å². The summed E-state index contributed by atoms with van der Waals surface area (Å²) in [4.78, 5) is 31.9. The number of amides is 1. The summed E-state index contributed by atoms with van der Waals surface area (Å²) in [5.41, 5.74) is 0.844. The second-order valence-electron chi connectivity index (χ2n) is 7.11. The molecule has 0 radical (unpaired) electrons. The number of carbonyl (C=O) groups excluding carboxylic acids is 2. The first-order chi connectivity index (χ1) is 16.1. The Bertz CT molecular complexity index is 1220. The molecule has 11 heteroatoms. The van der Waals surface area contributed by atoms with E-state index in [0.29, 0.717) is 29.8 Å². The molecule has 0 aliphatic carbocycles. The number of ether oxygens (including phenoxy) is 1. The van der Waals surface area contributed by atoms with Gasteiger partial charge in [0.25, 0.3) is 11.8 Å². The third kappa shape index (κ3) is 5.14. The fraction of sp³-hybridized carbons (Fsp3) is 0.273. The number of esters is 1. The van der Waals surface area contributed by atoms with Crippen LogP contribution in [0.1, 0.15) is 35.3 Å². The Morgan fingerprint density at radius 1 is 1.21 bits per heavy atom. The minimum Gasteiger partial charge on any atom is -0.452 e. The van der Waals surface area contributed by atoms with Crippen molar-refractivity contribution in [3.05, 3.63) is 65.3 Å². The molecule has 4 aromatic heterocycles. The van der Waals surface area contributed by atoms with E-state index in [-0.39, 0.29) is 18.0 Å². The second-order valence-corrected chi connectivity index (χ2v) is 8.06. The van der Waals surface area contributed by atoms with Gasteiger partial charge in [-0.3, -0.25) is 4.79 Å². The summed E-state index contributed by atoms with van der Waals surface area (Å²) in [7, 11) is 0. The molecule has 0 unspecified atom stereocenters. The van der Waals surface area contributed by atoms with Crippen molar-refractivity contribution in [3.63, 3.8) is 0 Å². The van der Waals surface area contributed by atoms with Crippen LogP contribution in [0.2, 0.25) is 0 Å². The number of nitrogens with zero attached hydrogens (tertiary/aromatic N) is 6. The molecule has 0 aliphatic rings. The van der Waals surface area contributed by atoms with Gasteiger partial charge < -0.3 is 14.1 Å². The van der Waals surface area contributed by atoms with Gasteiger partial charge >= 0.3 is 5.97 Å². The molecule has 0 saturated carbocycles. The molecule has 0 atom stereocenters. The average molecular weight is 467 g/mol. The number of carbonyl (C=O) groups is 2. The summed E-state index contributed by atoms with van der Waals surface area (Å²) in [5, 5.41) is 14.2. The van der Waals surface area contributed by atoms with Crippen molar-refractivity contribution in [3.8, 4) is 16.6 Å². The monoisotopic (exact) mass is 466 g/mol. The summed E-state index contributed by atoms with van der Waals surface area (Å²) >= 11 is 1.49. The van der Waals surface area contributed by atoms with Gasteiger partial charge in [0, 0.05) is 12.7 Å². The van der Waals surface area contributed by atoms with Crippen LogP contribution in [-0.2, 0) is 16.1 Å². The molecule has 0 bridgehead atoms. The van der Waals surface area contributed by atoms with Crippen LogP contribution >= 0.6 is 11.3 Å². The Hall–Kier alpha value is -3.86. The molecule has 4 rings (SSSR count). The topological polar surface area (TPSA) is 116 Å². The number of hydrogen-bond donors (Lipinski definition) is 0. The Kier molecular flexibility index (Phi) is 6.89. The maximum atomic E-state index is 12.8. The smallest absolute Gasteiger partial charge is 0.342 e.